The van der Waals surface area contributed by atoms with Gasteiger partial charge in [0.2, 0.25) is 0 Å². The summed E-state index contributed by atoms with van der Waals surface area (Å²) in [5.74, 6) is 1.38. The molecular weight excluding hydrogens is 322 g/mol. The summed E-state index contributed by atoms with van der Waals surface area (Å²) in [6.07, 6.45) is 1.73. The van der Waals surface area contributed by atoms with Crippen molar-refractivity contribution in [3.8, 4) is 17.2 Å². The molecule has 1 aliphatic rings. The number of hydrogen-bond donors (Lipinski definition) is 0. The maximum Gasteiger partial charge on any atom is 0.368 e. The fourth-order valence-corrected chi connectivity index (χ4v) is 2.47. The lowest BCUT2D eigenvalue weighted by atomic mass is 10.00. The molecule has 0 bridgehead atoms. The SMILES string of the molecule is COc1ccc(/C=C2\C(=O)ON=C2c2ccc(OC)c(OC)c2)cc1. The van der Waals surface area contributed by atoms with Crippen LogP contribution < -0.4 is 14.2 Å². The third-order valence-corrected chi connectivity index (χ3v) is 3.78. The lowest BCUT2D eigenvalue weighted by molar-refractivity contribution is -0.136. The second kappa shape index (κ2) is 7.09. The van der Waals surface area contributed by atoms with Crippen molar-refractivity contribution >= 4 is 17.8 Å². The third-order valence-electron chi connectivity index (χ3n) is 3.78. The lowest BCUT2D eigenvalue weighted by Crippen LogP contribution is -2.07. The average Bonchev–Trinajstić information content (AvgIpc) is 3.02. The van der Waals surface area contributed by atoms with Crippen LogP contribution in [-0.4, -0.2) is 33.0 Å². The molecule has 0 atom stereocenters. The van der Waals surface area contributed by atoms with Crippen molar-refractivity contribution < 1.29 is 23.8 Å². The number of nitrogens with zero attached hydrogens (tertiary/aromatic N) is 1. The van der Waals surface area contributed by atoms with Gasteiger partial charge in [-0.3, -0.25) is 0 Å². The van der Waals surface area contributed by atoms with Gasteiger partial charge in [0, 0.05) is 5.56 Å². The van der Waals surface area contributed by atoms with Crippen molar-refractivity contribution in [2.24, 2.45) is 5.16 Å². The Morgan fingerprint density at radius 2 is 1.64 bits per heavy atom. The van der Waals surface area contributed by atoms with Crippen LogP contribution in [0.15, 0.2) is 53.2 Å². The Morgan fingerprint density at radius 3 is 2.28 bits per heavy atom. The number of oxime groups is 1. The zero-order valence-corrected chi connectivity index (χ0v) is 14.1. The van der Waals surface area contributed by atoms with E-state index in [1.54, 1.807) is 45.6 Å². The average molecular weight is 339 g/mol. The fourth-order valence-electron chi connectivity index (χ4n) is 2.47. The van der Waals surface area contributed by atoms with Gasteiger partial charge in [0.05, 0.1) is 26.9 Å². The molecule has 2 aromatic rings. The standard InChI is InChI=1S/C19H17NO5/c1-22-14-7-4-12(5-8-14)10-15-18(20-25-19(15)21)13-6-9-16(23-2)17(11-13)24-3/h4-11H,1-3H3/b15-10-. The third kappa shape index (κ3) is 3.33. The van der Waals surface area contributed by atoms with Crippen LogP contribution >= 0.6 is 0 Å². The predicted octanol–water partition coefficient (Wildman–Crippen LogP) is 3.06. The molecule has 0 N–H and O–H groups in total. The first-order valence-electron chi connectivity index (χ1n) is 7.54. The van der Waals surface area contributed by atoms with E-state index in [-0.39, 0.29) is 0 Å². The molecule has 0 saturated carbocycles. The Kier molecular flexibility index (Phi) is 4.70. The number of ether oxygens (including phenoxy) is 3. The highest BCUT2D eigenvalue weighted by Crippen LogP contribution is 2.30. The van der Waals surface area contributed by atoms with Gasteiger partial charge < -0.3 is 19.0 Å². The number of benzene rings is 2. The van der Waals surface area contributed by atoms with Crippen molar-refractivity contribution in [2.45, 2.75) is 0 Å². The molecule has 0 amide bonds. The maximum atomic E-state index is 12.1. The summed E-state index contributed by atoms with van der Waals surface area (Å²) in [5, 5.41) is 3.91. The maximum absolute atomic E-state index is 12.1. The highest BCUT2D eigenvalue weighted by atomic mass is 16.7. The van der Waals surface area contributed by atoms with Crippen LogP contribution in [0.3, 0.4) is 0 Å². The summed E-state index contributed by atoms with van der Waals surface area (Å²) >= 11 is 0. The van der Waals surface area contributed by atoms with Crippen molar-refractivity contribution in [1.82, 2.24) is 0 Å². The van der Waals surface area contributed by atoms with Crippen LogP contribution in [0.2, 0.25) is 0 Å². The Balaban J connectivity index is 1.97. The predicted molar refractivity (Wildman–Crippen MR) is 93.1 cm³/mol. The van der Waals surface area contributed by atoms with Crippen molar-refractivity contribution in [1.29, 1.82) is 0 Å². The van der Waals surface area contributed by atoms with Gasteiger partial charge in [0.25, 0.3) is 0 Å². The van der Waals surface area contributed by atoms with E-state index >= 15 is 0 Å². The number of carbonyl (C=O) groups excluding carboxylic acids is 1. The van der Waals surface area contributed by atoms with Crippen LogP contribution in [0, 0.1) is 0 Å². The minimum atomic E-state index is -0.499. The summed E-state index contributed by atoms with van der Waals surface area (Å²) in [4.78, 5) is 16.9. The molecule has 3 rings (SSSR count). The minimum Gasteiger partial charge on any atom is -0.497 e. The van der Waals surface area contributed by atoms with Gasteiger partial charge in [-0.1, -0.05) is 17.3 Å². The zero-order chi connectivity index (χ0) is 17.8. The first-order valence-corrected chi connectivity index (χ1v) is 7.54. The number of methoxy groups -OCH3 is 3. The lowest BCUT2D eigenvalue weighted by Gasteiger charge is -2.09. The van der Waals surface area contributed by atoms with E-state index in [0.29, 0.717) is 28.3 Å². The fraction of sp³-hybridized carbons (Fsp3) is 0.158. The first kappa shape index (κ1) is 16.6. The van der Waals surface area contributed by atoms with Crippen LogP contribution in [0.1, 0.15) is 11.1 Å². The molecule has 1 aliphatic heterocycles. The molecule has 128 valence electrons. The normalized spacial score (nSPS) is 14.9. The number of rotatable bonds is 5. The van der Waals surface area contributed by atoms with E-state index in [1.165, 1.54) is 0 Å². The Morgan fingerprint density at radius 1 is 0.920 bits per heavy atom. The van der Waals surface area contributed by atoms with Crippen molar-refractivity contribution in [3.63, 3.8) is 0 Å². The first-order chi connectivity index (χ1) is 12.2. The van der Waals surface area contributed by atoms with E-state index in [2.05, 4.69) is 5.16 Å². The summed E-state index contributed by atoms with van der Waals surface area (Å²) in [6, 6.07) is 12.6. The summed E-state index contributed by atoms with van der Waals surface area (Å²) in [7, 11) is 4.71. The summed E-state index contributed by atoms with van der Waals surface area (Å²) < 4.78 is 15.7. The van der Waals surface area contributed by atoms with Crippen LogP contribution in [0.5, 0.6) is 17.2 Å². The second-order valence-corrected chi connectivity index (χ2v) is 5.22. The largest absolute Gasteiger partial charge is 0.497 e. The smallest absolute Gasteiger partial charge is 0.368 e. The van der Waals surface area contributed by atoms with Crippen LogP contribution in [-0.2, 0) is 9.63 Å². The topological polar surface area (TPSA) is 66.4 Å². The molecule has 0 radical (unpaired) electrons. The quantitative estimate of drug-likeness (QED) is 0.619. The molecule has 0 saturated heterocycles. The van der Waals surface area contributed by atoms with Crippen molar-refractivity contribution in [3.05, 3.63) is 59.2 Å². The van der Waals surface area contributed by atoms with E-state index in [9.17, 15) is 4.79 Å². The molecule has 2 aromatic carbocycles. The Bertz CT molecular complexity index is 853. The van der Waals surface area contributed by atoms with Gasteiger partial charge in [-0.25, -0.2) is 4.79 Å². The minimum absolute atomic E-state index is 0.373. The van der Waals surface area contributed by atoms with Crippen LogP contribution in [0.25, 0.3) is 6.08 Å². The molecule has 6 heteroatoms. The molecule has 0 aromatic heterocycles. The Labute approximate surface area is 145 Å². The number of hydrogen-bond acceptors (Lipinski definition) is 6. The second-order valence-electron chi connectivity index (χ2n) is 5.22. The Hall–Kier alpha value is -3.28. The van der Waals surface area contributed by atoms with E-state index in [4.69, 9.17) is 19.0 Å². The molecule has 0 spiro atoms. The molecule has 0 fully saturated rings. The monoisotopic (exact) mass is 339 g/mol. The molecular formula is C19H17NO5. The van der Waals surface area contributed by atoms with Gasteiger partial charge in [0.1, 0.15) is 11.5 Å². The molecule has 1 heterocycles. The van der Waals surface area contributed by atoms with Gasteiger partial charge in [-0.2, -0.15) is 0 Å². The van der Waals surface area contributed by atoms with E-state index in [1.807, 2.05) is 24.3 Å². The van der Waals surface area contributed by atoms with Gasteiger partial charge >= 0.3 is 5.97 Å². The van der Waals surface area contributed by atoms with Crippen LogP contribution in [0.4, 0.5) is 0 Å². The highest BCUT2D eigenvalue weighted by molar-refractivity contribution is 6.31. The molecule has 0 unspecified atom stereocenters. The van der Waals surface area contributed by atoms with E-state index in [0.717, 1.165) is 11.3 Å². The van der Waals surface area contributed by atoms with Gasteiger partial charge in [-0.15, -0.1) is 0 Å². The molecule has 0 aliphatic carbocycles. The zero-order valence-electron chi connectivity index (χ0n) is 14.1. The summed E-state index contributed by atoms with van der Waals surface area (Å²) in [6.45, 7) is 0. The van der Waals surface area contributed by atoms with Crippen molar-refractivity contribution in [2.75, 3.05) is 21.3 Å². The highest BCUT2D eigenvalue weighted by Gasteiger charge is 2.27. The molecule has 6 nitrogen and oxygen atoms in total. The van der Waals surface area contributed by atoms with E-state index < -0.39 is 5.97 Å². The molecule has 25 heavy (non-hydrogen) atoms. The number of carbonyl (C=O) groups is 1. The van der Waals surface area contributed by atoms with Gasteiger partial charge in [0.15, 0.2) is 11.5 Å². The van der Waals surface area contributed by atoms with Gasteiger partial charge in [-0.05, 0) is 42.0 Å². The summed E-state index contributed by atoms with van der Waals surface area (Å²) in [5.41, 5.74) is 2.35.